The predicted octanol–water partition coefficient (Wildman–Crippen LogP) is 15.8. The van der Waals surface area contributed by atoms with Crippen molar-refractivity contribution in [1.82, 2.24) is 9.13 Å². The van der Waals surface area contributed by atoms with Gasteiger partial charge in [0.1, 0.15) is 0 Å². The fourth-order valence-electron chi connectivity index (χ4n) is 6.79. The number of hydrogen-bond acceptors (Lipinski definition) is 0. The Balaban J connectivity index is 0.000000196. The number of rotatable bonds is 2. The summed E-state index contributed by atoms with van der Waals surface area (Å²) < 4.78 is 4.73. The van der Waals surface area contributed by atoms with Crippen molar-refractivity contribution in [3.63, 3.8) is 0 Å². The lowest BCUT2D eigenvalue weighted by molar-refractivity contribution is 0.827. The molecule has 298 valence electrons. The fourth-order valence-corrected chi connectivity index (χ4v) is 6.79. The van der Waals surface area contributed by atoms with Gasteiger partial charge in [-0.3, -0.25) is 0 Å². The van der Waals surface area contributed by atoms with Gasteiger partial charge in [-0.2, -0.15) is 0 Å². The zero-order valence-electron chi connectivity index (χ0n) is 36.6. The van der Waals surface area contributed by atoms with Crippen molar-refractivity contribution in [3.05, 3.63) is 203 Å². The van der Waals surface area contributed by atoms with Crippen LogP contribution in [0.3, 0.4) is 0 Å². The van der Waals surface area contributed by atoms with E-state index in [9.17, 15) is 0 Å². The zero-order chi connectivity index (χ0) is 42.5. The Hall–Kier alpha value is -6.30. The summed E-state index contributed by atoms with van der Waals surface area (Å²) >= 11 is 0. The SMILES string of the molecule is C#C.CC.CCn1c2ccccc2c2ccccc21.CCn1c2ccccc2c2ccccc21.Cc1ccc(C)cc1.Cc1cccc(C)c1.Cc1ccccc1C. The van der Waals surface area contributed by atoms with Crippen LogP contribution in [0.15, 0.2) is 170 Å². The largest absolute Gasteiger partial charge is 0.341 e. The highest BCUT2D eigenvalue weighted by Crippen LogP contribution is 2.29. The monoisotopic (exact) mass is 765 g/mol. The second-order valence-electron chi connectivity index (χ2n) is 14.0. The third-order valence-corrected chi connectivity index (χ3v) is 9.81. The van der Waals surface area contributed by atoms with Crippen LogP contribution < -0.4 is 0 Å². The lowest BCUT2D eigenvalue weighted by Gasteiger charge is -2.01. The Morgan fingerprint density at radius 1 is 0.328 bits per heavy atom. The van der Waals surface area contributed by atoms with Crippen LogP contribution in [0.5, 0.6) is 0 Å². The molecule has 2 heteroatoms. The number of aromatic nitrogens is 2. The molecule has 0 radical (unpaired) electrons. The molecule has 0 saturated heterocycles. The molecule has 0 fully saturated rings. The van der Waals surface area contributed by atoms with E-state index in [0.29, 0.717) is 0 Å². The van der Waals surface area contributed by atoms with E-state index in [0.717, 1.165) is 13.1 Å². The van der Waals surface area contributed by atoms with Crippen molar-refractivity contribution >= 4 is 43.6 Å². The first-order valence-electron chi connectivity index (χ1n) is 20.6. The second kappa shape index (κ2) is 24.4. The first-order valence-corrected chi connectivity index (χ1v) is 20.6. The summed E-state index contributed by atoms with van der Waals surface area (Å²) in [5.74, 6) is 0. The average molecular weight is 765 g/mol. The Bertz CT molecular complexity index is 2300. The predicted molar refractivity (Wildman–Crippen MR) is 259 cm³/mol. The quantitative estimate of drug-likeness (QED) is 0.155. The number of fused-ring (bicyclic) bond motifs is 6. The molecule has 0 aliphatic rings. The second-order valence-corrected chi connectivity index (χ2v) is 14.0. The smallest absolute Gasteiger partial charge is 0.0491 e. The lowest BCUT2D eigenvalue weighted by Crippen LogP contribution is -1.91. The lowest BCUT2D eigenvalue weighted by atomic mass is 10.1. The van der Waals surface area contributed by atoms with Crippen molar-refractivity contribution in [1.29, 1.82) is 0 Å². The van der Waals surface area contributed by atoms with Crippen LogP contribution >= 0.6 is 0 Å². The maximum absolute atomic E-state index is 4.00. The number of nitrogens with zero attached hydrogens (tertiary/aromatic N) is 2. The van der Waals surface area contributed by atoms with Gasteiger partial charge < -0.3 is 9.13 Å². The third kappa shape index (κ3) is 12.6. The van der Waals surface area contributed by atoms with E-state index in [-0.39, 0.29) is 0 Å². The average Bonchev–Trinajstić information content (AvgIpc) is 3.77. The van der Waals surface area contributed by atoms with Gasteiger partial charge in [0.15, 0.2) is 0 Å². The Kier molecular flexibility index (Phi) is 19.4. The molecule has 0 aliphatic carbocycles. The molecule has 0 amide bonds. The summed E-state index contributed by atoms with van der Waals surface area (Å²) in [7, 11) is 0. The van der Waals surface area contributed by atoms with Gasteiger partial charge in [0, 0.05) is 56.7 Å². The highest BCUT2D eigenvalue weighted by atomic mass is 15.0. The molecule has 2 heterocycles. The third-order valence-electron chi connectivity index (χ3n) is 9.81. The van der Waals surface area contributed by atoms with Gasteiger partial charge in [-0.1, -0.05) is 182 Å². The van der Waals surface area contributed by atoms with E-state index < -0.39 is 0 Å². The number of terminal acetylenes is 1. The van der Waals surface area contributed by atoms with Gasteiger partial charge in [0.05, 0.1) is 0 Å². The molecule has 0 atom stereocenters. The minimum Gasteiger partial charge on any atom is -0.341 e. The van der Waals surface area contributed by atoms with Crippen LogP contribution in [0.4, 0.5) is 0 Å². The fraction of sp³-hybridized carbons (Fsp3) is 0.214. The van der Waals surface area contributed by atoms with E-state index in [1.807, 2.05) is 13.8 Å². The standard InChI is InChI=1S/2C14H13N.3C8H10.C2H6.C2H2/c2*1-2-15-13-9-5-3-7-11(13)12-8-4-6-10-14(12)15;1-7-3-5-8(2)6-4-7;1-7-4-3-5-8(2)6-7;1-7-5-3-4-6-8(7)2;2*1-2/h2*3-10H,2H2,1H3;3*3-6H,1-2H3;1-2H3;1-2H. The van der Waals surface area contributed by atoms with Crippen molar-refractivity contribution in [2.75, 3.05) is 0 Å². The van der Waals surface area contributed by atoms with Crippen LogP contribution in [-0.2, 0) is 13.1 Å². The van der Waals surface area contributed by atoms with Crippen LogP contribution in [-0.4, -0.2) is 9.13 Å². The zero-order valence-corrected chi connectivity index (χ0v) is 36.6. The summed E-state index contributed by atoms with van der Waals surface area (Å²) in [6, 6.07) is 59.7. The molecule has 0 saturated carbocycles. The van der Waals surface area contributed by atoms with Crippen LogP contribution in [0.25, 0.3) is 43.6 Å². The van der Waals surface area contributed by atoms with E-state index in [1.165, 1.54) is 77.0 Å². The van der Waals surface area contributed by atoms with Crippen LogP contribution in [0, 0.1) is 54.4 Å². The molecule has 7 aromatic carbocycles. The minimum atomic E-state index is 1.02. The Morgan fingerprint density at radius 2 is 0.586 bits per heavy atom. The summed E-state index contributed by atoms with van der Waals surface area (Å²) in [5, 5.41) is 5.43. The van der Waals surface area contributed by atoms with Gasteiger partial charge >= 0.3 is 0 Å². The molecule has 0 bridgehead atoms. The van der Waals surface area contributed by atoms with Gasteiger partial charge in [0.25, 0.3) is 0 Å². The minimum absolute atomic E-state index is 1.02. The highest BCUT2D eigenvalue weighted by Gasteiger charge is 2.08. The maximum Gasteiger partial charge on any atom is 0.0491 e. The molecule has 0 N–H and O–H groups in total. The highest BCUT2D eigenvalue weighted by molar-refractivity contribution is 6.08. The first kappa shape index (κ1) is 46.1. The van der Waals surface area contributed by atoms with E-state index in [2.05, 4.69) is 247 Å². The van der Waals surface area contributed by atoms with Gasteiger partial charge in [-0.25, -0.2) is 0 Å². The molecular weight excluding hydrogens is 701 g/mol. The van der Waals surface area contributed by atoms with Crippen molar-refractivity contribution < 1.29 is 0 Å². The molecule has 0 aliphatic heterocycles. The summed E-state index contributed by atoms with van der Waals surface area (Å²) in [6.45, 7) is 23.1. The number of hydrogen-bond donors (Lipinski definition) is 0. The molecular formula is C56H64N2. The van der Waals surface area contributed by atoms with Crippen molar-refractivity contribution in [2.24, 2.45) is 0 Å². The summed E-state index contributed by atoms with van der Waals surface area (Å²) in [4.78, 5) is 0. The molecule has 0 unspecified atom stereocenters. The molecule has 9 aromatic rings. The molecule has 58 heavy (non-hydrogen) atoms. The summed E-state index contributed by atoms with van der Waals surface area (Å²) in [6.07, 6.45) is 8.00. The molecule has 2 aromatic heterocycles. The molecule has 9 rings (SSSR count). The topological polar surface area (TPSA) is 9.86 Å². The van der Waals surface area contributed by atoms with E-state index in [4.69, 9.17) is 0 Å². The summed E-state index contributed by atoms with van der Waals surface area (Å²) in [5.41, 5.74) is 13.4. The van der Waals surface area contributed by atoms with Gasteiger partial charge in [-0.05, 0) is 90.8 Å². The first-order chi connectivity index (χ1) is 28.2. The van der Waals surface area contributed by atoms with Crippen LogP contribution in [0.2, 0.25) is 0 Å². The van der Waals surface area contributed by atoms with Crippen molar-refractivity contribution in [2.45, 2.75) is 82.3 Å². The number of benzene rings is 7. The van der Waals surface area contributed by atoms with Crippen molar-refractivity contribution in [3.8, 4) is 12.8 Å². The van der Waals surface area contributed by atoms with E-state index in [1.54, 1.807) is 0 Å². The molecule has 0 spiro atoms. The molecule has 2 nitrogen and oxygen atoms in total. The number of para-hydroxylation sites is 4. The van der Waals surface area contributed by atoms with E-state index >= 15 is 0 Å². The Morgan fingerprint density at radius 3 is 0.810 bits per heavy atom. The maximum atomic E-state index is 4.00. The normalized spacial score (nSPS) is 9.79. The van der Waals surface area contributed by atoms with Gasteiger partial charge in [-0.15, -0.1) is 12.8 Å². The van der Waals surface area contributed by atoms with Crippen LogP contribution in [0.1, 0.15) is 61.1 Å². The van der Waals surface area contributed by atoms with Gasteiger partial charge in [0.2, 0.25) is 0 Å². The number of aryl methyl sites for hydroxylation is 8. The Labute approximate surface area is 349 Å².